The number of aromatic nitrogens is 4. The SMILES string of the molecule is Cc1ncn(-c2ccc(=O)[nH]c2)n1. The molecule has 0 radical (unpaired) electrons. The lowest BCUT2D eigenvalue weighted by Crippen LogP contribution is -2.04. The Morgan fingerprint density at radius 2 is 2.31 bits per heavy atom. The third-order valence-electron chi connectivity index (χ3n) is 1.64. The van der Waals surface area contributed by atoms with Crippen molar-refractivity contribution >= 4 is 0 Å². The minimum absolute atomic E-state index is 0.124. The summed E-state index contributed by atoms with van der Waals surface area (Å²) in [6.07, 6.45) is 3.19. The fourth-order valence-corrected chi connectivity index (χ4v) is 1.02. The Labute approximate surface area is 74.1 Å². The topological polar surface area (TPSA) is 63.6 Å². The highest BCUT2D eigenvalue weighted by Crippen LogP contribution is 2.00. The fourth-order valence-electron chi connectivity index (χ4n) is 1.02. The van der Waals surface area contributed by atoms with Crippen molar-refractivity contribution < 1.29 is 0 Å². The van der Waals surface area contributed by atoms with Crippen LogP contribution in [0.4, 0.5) is 0 Å². The summed E-state index contributed by atoms with van der Waals surface area (Å²) in [7, 11) is 0. The van der Waals surface area contributed by atoms with E-state index in [-0.39, 0.29) is 5.56 Å². The second kappa shape index (κ2) is 2.85. The van der Waals surface area contributed by atoms with E-state index in [1.54, 1.807) is 23.3 Å². The number of hydrogen-bond donors (Lipinski definition) is 1. The summed E-state index contributed by atoms with van der Waals surface area (Å²) in [6, 6.07) is 3.14. The second-order valence-corrected chi connectivity index (χ2v) is 2.65. The molecule has 0 bridgehead atoms. The first-order valence-corrected chi connectivity index (χ1v) is 3.83. The van der Waals surface area contributed by atoms with Gasteiger partial charge in [-0.25, -0.2) is 9.67 Å². The lowest BCUT2D eigenvalue weighted by molar-refractivity contribution is 0.855. The van der Waals surface area contributed by atoms with Gasteiger partial charge in [-0.05, 0) is 13.0 Å². The zero-order valence-electron chi connectivity index (χ0n) is 7.06. The van der Waals surface area contributed by atoms with Gasteiger partial charge >= 0.3 is 0 Å². The van der Waals surface area contributed by atoms with Crippen LogP contribution in [0.2, 0.25) is 0 Å². The smallest absolute Gasteiger partial charge is 0.248 e. The van der Waals surface area contributed by atoms with Crippen molar-refractivity contribution in [3.63, 3.8) is 0 Å². The van der Waals surface area contributed by atoms with Gasteiger partial charge < -0.3 is 4.98 Å². The Kier molecular flexibility index (Phi) is 1.70. The molecule has 5 heteroatoms. The number of pyridine rings is 1. The number of aromatic amines is 1. The number of nitrogens with one attached hydrogen (secondary N) is 1. The summed E-state index contributed by atoms with van der Waals surface area (Å²) in [6.45, 7) is 1.81. The van der Waals surface area contributed by atoms with E-state index in [4.69, 9.17) is 0 Å². The van der Waals surface area contributed by atoms with Crippen molar-refractivity contribution in [3.8, 4) is 5.69 Å². The molecule has 2 aromatic heterocycles. The molecular weight excluding hydrogens is 168 g/mol. The summed E-state index contributed by atoms with van der Waals surface area (Å²) < 4.78 is 1.60. The molecule has 0 amide bonds. The molecule has 2 rings (SSSR count). The molecule has 0 aliphatic heterocycles. The van der Waals surface area contributed by atoms with E-state index in [1.807, 2.05) is 6.92 Å². The summed E-state index contributed by atoms with van der Waals surface area (Å²) in [5, 5.41) is 4.09. The van der Waals surface area contributed by atoms with Crippen molar-refractivity contribution in [1.29, 1.82) is 0 Å². The van der Waals surface area contributed by atoms with Gasteiger partial charge in [0.25, 0.3) is 0 Å². The Morgan fingerprint density at radius 1 is 1.46 bits per heavy atom. The van der Waals surface area contributed by atoms with Crippen LogP contribution >= 0.6 is 0 Å². The Morgan fingerprint density at radius 3 is 2.85 bits per heavy atom. The van der Waals surface area contributed by atoms with Crippen LogP contribution in [0.3, 0.4) is 0 Å². The molecule has 0 spiro atoms. The number of rotatable bonds is 1. The van der Waals surface area contributed by atoms with Crippen molar-refractivity contribution in [1.82, 2.24) is 19.7 Å². The van der Waals surface area contributed by atoms with Crippen LogP contribution in [-0.2, 0) is 0 Å². The number of hydrogen-bond acceptors (Lipinski definition) is 3. The predicted molar refractivity (Wildman–Crippen MR) is 46.7 cm³/mol. The molecule has 1 N–H and O–H groups in total. The van der Waals surface area contributed by atoms with Crippen LogP contribution in [0.1, 0.15) is 5.82 Å². The monoisotopic (exact) mass is 176 g/mol. The van der Waals surface area contributed by atoms with Gasteiger partial charge in [-0.3, -0.25) is 4.79 Å². The van der Waals surface area contributed by atoms with E-state index in [2.05, 4.69) is 15.1 Å². The van der Waals surface area contributed by atoms with Crippen LogP contribution < -0.4 is 5.56 Å². The van der Waals surface area contributed by atoms with Gasteiger partial charge in [-0.2, -0.15) is 5.10 Å². The fraction of sp³-hybridized carbons (Fsp3) is 0.125. The van der Waals surface area contributed by atoms with Gasteiger partial charge in [0, 0.05) is 12.3 Å². The van der Waals surface area contributed by atoms with Gasteiger partial charge in [0.05, 0.1) is 5.69 Å². The molecule has 13 heavy (non-hydrogen) atoms. The highest BCUT2D eigenvalue weighted by atomic mass is 16.1. The standard InChI is InChI=1S/C8H8N4O/c1-6-10-5-12(11-6)7-2-3-8(13)9-4-7/h2-5H,1H3,(H,9,13). The van der Waals surface area contributed by atoms with E-state index < -0.39 is 0 Å². The highest BCUT2D eigenvalue weighted by Gasteiger charge is 1.97. The molecule has 66 valence electrons. The molecule has 0 aromatic carbocycles. The summed E-state index contributed by atoms with van der Waals surface area (Å²) in [4.78, 5) is 17.3. The van der Waals surface area contributed by atoms with E-state index in [0.29, 0.717) is 5.82 Å². The quantitative estimate of drug-likeness (QED) is 0.678. The molecular formula is C8H8N4O. The average Bonchev–Trinajstić information content (AvgIpc) is 2.53. The van der Waals surface area contributed by atoms with Crippen LogP contribution in [0.5, 0.6) is 0 Å². The Hall–Kier alpha value is -1.91. The van der Waals surface area contributed by atoms with Gasteiger partial charge in [0.2, 0.25) is 5.56 Å². The van der Waals surface area contributed by atoms with E-state index in [1.165, 1.54) is 6.07 Å². The maximum atomic E-state index is 10.8. The molecule has 0 saturated carbocycles. The first kappa shape index (κ1) is 7.72. The van der Waals surface area contributed by atoms with E-state index in [0.717, 1.165) is 5.69 Å². The maximum absolute atomic E-state index is 10.8. The molecule has 0 fully saturated rings. The van der Waals surface area contributed by atoms with Crippen molar-refractivity contribution in [2.75, 3.05) is 0 Å². The zero-order chi connectivity index (χ0) is 9.26. The van der Waals surface area contributed by atoms with E-state index >= 15 is 0 Å². The van der Waals surface area contributed by atoms with Crippen LogP contribution in [-0.4, -0.2) is 19.7 Å². The van der Waals surface area contributed by atoms with Crippen LogP contribution in [0.15, 0.2) is 29.5 Å². The zero-order valence-corrected chi connectivity index (χ0v) is 7.06. The first-order valence-electron chi connectivity index (χ1n) is 3.83. The largest absolute Gasteiger partial charge is 0.327 e. The molecule has 0 aliphatic rings. The lowest BCUT2D eigenvalue weighted by atomic mass is 10.4. The highest BCUT2D eigenvalue weighted by molar-refractivity contribution is 5.25. The Bertz CT molecular complexity index is 450. The molecule has 0 atom stereocenters. The number of aryl methyl sites for hydroxylation is 1. The van der Waals surface area contributed by atoms with Crippen molar-refractivity contribution in [3.05, 3.63) is 40.8 Å². The molecule has 0 unspecified atom stereocenters. The van der Waals surface area contributed by atoms with Gasteiger partial charge in [0.1, 0.15) is 12.2 Å². The predicted octanol–water partition coefficient (Wildman–Crippen LogP) is 0.264. The summed E-state index contributed by atoms with van der Waals surface area (Å²) in [5.41, 5.74) is 0.667. The number of H-pyrrole nitrogens is 1. The van der Waals surface area contributed by atoms with Gasteiger partial charge in [-0.15, -0.1) is 0 Å². The summed E-state index contributed by atoms with van der Waals surface area (Å²) in [5.74, 6) is 0.700. The average molecular weight is 176 g/mol. The Balaban J connectivity index is 2.47. The first-order chi connectivity index (χ1) is 6.25. The second-order valence-electron chi connectivity index (χ2n) is 2.65. The number of nitrogens with zero attached hydrogens (tertiary/aromatic N) is 3. The van der Waals surface area contributed by atoms with Crippen molar-refractivity contribution in [2.45, 2.75) is 6.92 Å². The van der Waals surface area contributed by atoms with Crippen LogP contribution in [0.25, 0.3) is 5.69 Å². The minimum Gasteiger partial charge on any atom is -0.327 e. The molecule has 2 heterocycles. The van der Waals surface area contributed by atoms with Crippen molar-refractivity contribution in [2.24, 2.45) is 0 Å². The third-order valence-corrected chi connectivity index (χ3v) is 1.64. The van der Waals surface area contributed by atoms with Crippen LogP contribution in [0, 0.1) is 6.92 Å². The normalized spacial score (nSPS) is 10.2. The molecule has 0 saturated heterocycles. The van der Waals surface area contributed by atoms with Gasteiger partial charge in [0.15, 0.2) is 0 Å². The van der Waals surface area contributed by atoms with E-state index in [9.17, 15) is 4.79 Å². The summed E-state index contributed by atoms with van der Waals surface area (Å²) >= 11 is 0. The minimum atomic E-state index is -0.124. The van der Waals surface area contributed by atoms with Gasteiger partial charge in [-0.1, -0.05) is 0 Å². The molecule has 0 aliphatic carbocycles. The molecule has 2 aromatic rings. The molecule has 5 nitrogen and oxygen atoms in total. The third kappa shape index (κ3) is 1.48. The maximum Gasteiger partial charge on any atom is 0.248 e. The lowest BCUT2D eigenvalue weighted by Gasteiger charge is -1.96.